The Kier molecular flexibility index (Phi) is 5.62. The van der Waals surface area contributed by atoms with Gasteiger partial charge in [0.25, 0.3) is 0 Å². The van der Waals surface area contributed by atoms with Crippen LogP contribution >= 0.6 is 0 Å². The summed E-state index contributed by atoms with van der Waals surface area (Å²) in [5, 5.41) is 18.3. The lowest BCUT2D eigenvalue weighted by Gasteiger charge is -2.38. The van der Waals surface area contributed by atoms with E-state index in [0.717, 1.165) is 0 Å². The van der Waals surface area contributed by atoms with Gasteiger partial charge in [0, 0.05) is 26.1 Å². The fourth-order valence-corrected chi connectivity index (χ4v) is 2.72. The van der Waals surface area contributed by atoms with E-state index in [-0.39, 0.29) is 32.0 Å². The maximum absolute atomic E-state index is 11.6. The fourth-order valence-electron chi connectivity index (χ4n) is 2.72. The molecule has 0 unspecified atom stereocenters. The highest BCUT2D eigenvalue weighted by molar-refractivity contribution is 5.96. The molecule has 2 amide bonds. The summed E-state index contributed by atoms with van der Waals surface area (Å²) in [5.74, 6) is 0.324. The van der Waals surface area contributed by atoms with Gasteiger partial charge < -0.3 is 24.7 Å². The molecule has 0 aliphatic carbocycles. The van der Waals surface area contributed by atoms with Crippen molar-refractivity contribution in [2.24, 2.45) is 0 Å². The third-order valence-electron chi connectivity index (χ3n) is 3.97. The van der Waals surface area contributed by atoms with Crippen LogP contribution in [0.15, 0.2) is 24.3 Å². The summed E-state index contributed by atoms with van der Waals surface area (Å²) in [6, 6.07) is 6.35. The average Bonchev–Trinajstić information content (AvgIpc) is 2.54. The molecule has 1 aliphatic heterocycles. The first-order valence-electron chi connectivity index (χ1n) is 7.60. The number of nitrogens with zero attached hydrogens (tertiary/aromatic N) is 2. The van der Waals surface area contributed by atoms with E-state index in [4.69, 9.17) is 9.84 Å². The third-order valence-corrected chi connectivity index (χ3v) is 3.97. The van der Waals surface area contributed by atoms with Crippen LogP contribution in [0.3, 0.4) is 0 Å². The normalized spacial score (nSPS) is 17.5. The molecule has 130 valence electrons. The molecule has 2 rings (SSSR count). The molecule has 1 aromatic rings. The Morgan fingerprint density at radius 2 is 1.88 bits per heavy atom. The molecule has 24 heavy (non-hydrogen) atoms. The minimum absolute atomic E-state index is 0.110. The van der Waals surface area contributed by atoms with Crippen LogP contribution in [0, 0.1) is 0 Å². The largest absolute Gasteiger partial charge is 0.493 e. The summed E-state index contributed by atoms with van der Waals surface area (Å²) in [6.45, 7) is 2.04. The second-order valence-corrected chi connectivity index (χ2v) is 5.55. The predicted molar refractivity (Wildman–Crippen MR) is 84.7 cm³/mol. The maximum Gasteiger partial charge on any atom is 0.407 e. The Morgan fingerprint density at radius 3 is 2.50 bits per heavy atom. The standard InChI is InChI=1S/C16H20N2O6/c1-11(19)13-4-2-3-5-14(13)24-9-6-12-10-17(15(20)21)7-8-18(12)16(22)23/h2-5,12H,6-10H2,1H3,(H,20,21)(H,22,23)/t12-/m1/s1. The number of carboxylic acid groups (broad SMARTS) is 2. The van der Waals surface area contributed by atoms with Crippen molar-refractivity contribution in [1.29, 1.82) is 0 Å². The third kappa shape index (κ3) is 4.15. The van der Waals surface area contributed by atoms with Crippen LogP contribution in [0.1, 0.15) is 23.7 Å². The van der Waals surface area contributed by atoms with Gasteiger partial charge in [0.1, 0.15) is 5.75 Å². The molecule has 0 aromatic heterocycles. The van der Waals surface area contributed by atoms with Crippen LogP contribution < -0.4 is 4.74 Å². The first-order chi connectivity index (χ1) is 11.4. The molecule has 2 N–H and O–H groups in total. The highest BCUT2D eigenvalue weighted by Gasteiger charge is 2.32. The molecule has 1 saturated heterocycles. The minimum Gasteiger partial charge on any atom is -0.493 e. The van der Waals surface area contributed by atoms with E-state index in [1.165, 1.54) is 16.7 Å². The number of ether oxygens (including phenoxy) is 1. The lowest BCUT2D eigenvalue weighted by molar-refractivity contribution is 0.0562. The number of ketones is 1. The topological polar surface area (TPSA) is 107 Å². The first kappa shape index (κ1) is 17.6. The zero-order valence-electron chi connectivity index (χ0n) is 13.3. The molecular formula is C16H20N2O6. The van der Waals surface area contributed by atoms with E-state index in [1.54, 1.807) is 24.3 Å². The van der Waals surface area contributed by atoms with Gasteiger partial charge >= 0.3 is 12.2 Å². The Balaban J connectivity index is 1.99. The van der Waals surface area contributed by atoms with E-state index < -0.39 is 18.2 Å². The van der Waals surface area contributed by atoms with Gasteiger partial charge in [-0.05, 0) is 19.1 Å². The Bertz CT molecular complexity index is 633. The number of carbonyl (C=O) groups excluding carboxylic acids is 1. The zero-order chi connectivity index (χ0) is 17.7. The highest BCUT2D eigenvalue weighted by atomic mass is 16.5. The number of carbonyl (C=O) groups is 3. The van der Waals surface area contributed by atoms with Gasteiger partial charge in [0.15, 0.2) is 5.78 Å². The van der Waals surface area contributed by atoms with Gasteiger partial charge in [-0.25, -0.2) is 9.59 Å². The lowest BCUT2D eigenvalue weighted by Crippen LogP contribution is -2.56. The molecular weight excluding hydrogens is 316 g/mol. The lowest BCUT2D eigenvalue weighted by atomic mass is 10.1. The van der Waals surface area contributed by atoms with Crippen molar-refractivity contribution >= 4 is 18.0 Å². The summed E-state index contributed by atoms with van der Waals surface area (Å²) in [6.07, 6.45) is -1.80. The molecule has 0 radical (unpaired) electrons. The number of Topliss-reactive ketones (excluding diaryl/α,β-unsaturated/α-hetero) is 1. The molecule has 1 heterocycles. The summed E-state index contributed by atoms with van der Waals surface area (Å²) in [4.78, 5) is 36.4. The van der Waals surface area contributed by atoms with Gasteiger partial charge in [-0.15, -0.1) is 0 Å². The van der Waals surface area contributed by atoms with Gasteiger partial charge in [-0.3, -0.25) is 4.79 Å². The number of hydrogen-bond acceptors (Lipinski definition) is 4. The molecule has 0 bridgehead atoms. The van der Waals surface area contributed by atoms with E-state index in [1.807, 2.05) is 0 Å². The fraction of sp³-hybridized carbons (Fsp3) is 0.438. The molecule has 0 saturated carbocycles. The number of para-hydroxylation sites is 1. The van der Waals surface area contributed by atoms with Crippen LogP contribution in [0.5, 0.6) is 5.75 Å². The summed E-state index contributed by atoms with van der Waals surface area (Å²) < 4.78 is 5.62. The van der Waals surface area contributed by atoms with Crippen molar-refractivity contribution < 1.29 is 29.3 Å². The minimum atomic E-state index is -1.07. The molecule has 1 aromatic carbocycles. The number of piperazine rings is 1. The Morgan fingerprint density at radius 1 is 1.17 bits per heavy atom. The molecule has 8 heteroatoms. The smallest absolute Gasteiger partial charge is 0.407 e. The molecule has 1 atom stereocenters. The molecule has 0 spiro atoms. The van der Waals surface area contributed by atoms with Crippen LogP contribution in [0.4, 0.5) is 9.59 Å². The quantitative estimate of drug-likeness (QED) is 0.796. The van der Waals surface area contributed by atoms with Gasteiger partial charge in [-0.1, -0.05) is 12.1 Å². The van der Waals surface area contributed by atoms with E-state index in [2.05, 4.69) is 0 Å². The van der Waals surface area contributed by atoms with Gasteiger partial charge in [-0.2, -0.15) is 0 Å². The summed E-state index contributed by atoms with van der Waals surface area (Å²) in [7, 11) is 0. The predicted octanol–water partition coefficient (Wildman–Crippen LogP) is 2.00. The SMILES string of the molecule is CC(=O)c1ccccc1OCC[C@@H]1CN(C(=O)O)CCN1C(=O)O. The molecule has 1 fully saturated rings. The van der Waals surface area contributed by atoms with Crippen LogP contribution in [-0.2, 0) is 0 Å². The number of benzene rings is 1. The number of rotatable bonds is 5. The van der Waals surface area contributed by atoms with Gasteiger partial charge in [0.2, 0.25) is 0 Å². The van der Waals surface area contributed by atoms with Crippen LogP contribution in [-0.4, -0.2) is 70.3 Å². The van der Waals surface area contributed by atoms with Crippen LogP contribution in [0.2, 0.25) is 0 Å². The summed E-state index contributed by atoms with van der Waals surface area (Å²) in [5.41, 5.74) is 0.461. The van der Waals surface area contributed by atoms with Crippen molar-refractivity contribution in [3.05, 3.63) is 29.8 Å². The summed E-state index contributed by atoms with van der Waals surface area (Å²) >= 11 is 0. The van der Waals surface area contributed by atoms with Crippen molar-refractivity contribution in [3.63, 3.8) is 0 Å². The Hall–Kier alpha value is -2.77. The van der Waals surface area contributed by atoms with E-state index >= 15 is 0 Å². The van der Waals surface area contributed by atoms with Crippen molar-refractivity contribution in [3.8, 4) is 5.75 Å². The monoisotopic (exact) mass is 336 g/mol. The van der Waals surface area contributed by atoms with Crippen molar-refractivity contribution in [2.45, 2.75) is 19.4 Å². The number of amides is 2. The molecule has 1 aliphatic rings. The van der Waals surface area contributed by atoms with E-state index in [0.29, 0.717) is 17.7 Å². The molecule has 8 nitrogen and oxygen atoms in total. The average molecular weight is 336 g/mol. The zero-order valence-corrected chi connectivity index (χ0v) is 13.3. The van der Waals surface area contributed by atoms with Gasteiger partial charge in [0.05, 0.1) is 18.2 Å². The second kappa shape index (κ2) is 7.67. The van der Waals surface area contributed by atoms with E-state index in [9.17, 15) is 19.5 Å². The number of hydrogen-bond donors (Lipinski definition) is 2. The first-order valence-corrected chi connectivity index (χ1v) is 7.60. The highest BCUT2D eigenvalue weighted by Crippen LogP contribution is 2.20. The van der Waals surface area contributed by atoms with Crippen molar-refractivity contribution in [1.82, 2.24) is 9.80 Å². The van der Waals surface area contributed by atoms with Crippen molar-refractivity contribution in [2.75, 3.05) is 26.2 Å². The van der Waals surface area contributed by atoms with Crippen LogP contribution in [0.25, 0.3) is 0 Å². The Labute approximate surface area is 139 Å². The second-order valence-electron chi connectivity index (χ2n) is 5.55. The maximum atomic E-state index is 11.6.